The first kappa shape index (κ1) is 5.05. The minimum Gasteiger partial charge on any atom is -0.322 e. The summed E-state index contributed by atoms with van der Waals surface area (Å²) in [5.74, 6) is 0. The monoisotopic (exact) mass is 90.0 g/mol. The number of rotatable bonds is 1. The van der Waals surface area contributed by atoms with Gasteiger partial charge in [-0.05, 0) is 0 Å². The Morgan fingerprint density at radius 1 is 1.80 bits per heavy atom. The van der Waals surface area contributed by atoms with E-state index in [1.807, 2.05) is 18.6 Å². The van der Waals surface area contributed by atoms with Crippen LogP contribution in [0.3, 0.4) is 0 Å². The molecule has 0 aliphatic heterocycles. The first-order chi connectivity index (χ1) is 2.41. The van der Waals surface area contributed by atoms with Gasteiger partial charge in [0.1, 0.15) is 0 Å². The first-order valence-electron chi connectivity index (χ1n) is 1.50. The zero-order chi connectivity index (χ0) is 4.12. The number of nitrogens with two attached hydrogens (primary N) is 1. The largest absolute Gasteiger partial charge is 0.322 e. The van der Waals surface area contributed by atoms with E-state index in [-0.39, 0.29) is 0 Å². The molecule has 0 atom stereocenters. The van der Waals surface area contributed by atoms with E-state index in [1.54, 1.807) is 5.41 Å². The summed E-state index contributed by atoms with van der Waals surface area (Å²) < 4.78 is 0. The molecule has 0 heterocycles. The van der Waals surface area contributed by atoms with E-state index in [4.69, 9.17) is 0 Å². The van der Waals surface area contributed by atoms with E-state index in [2.05, 4.69) is 12.6 Å². The lowest BCUT2D eigenvalue weighted by Crippen LogP contribution is -2.72. The fourth-order valence-corrected chi connectivity index (χ4v) is 0.258. The number of thiol groups is 1. The SMILES string of the molecule is C[NH2+]/C=C\S. The van der Waals surface area contributed by atoms with Crippen LogP contribution in [0.2, 0.25) is 0 Å². The van der Waals surface area contributed by atoms with Crippen LogP contribution in [0, 0.1) is 0 Å². The molecule has 30 valence electrons. The Labute approximate surface area is 37.5 Å². The van der Waals surface area contributed by atoms with Crippen molar-refractivity contribution >= 4 is 12.6 Å². The van der Waals surface area contributed by atoms with E-state index in [1.165, 1.54) is 0 Å². The molecule has 0 saturated heterocycles. The van der Waals surface area contributed by atoms with Crippen molar-refractivity contribution in [1.29, 1.82) is 0 Å². The molecule has 0 aromatic rings. The van der Waals surface area contributed by atoms with Gasteiger partial charge in [0, 0.05) is 5.41 Å². The molecule has 0 spiro atoms. The highest BCUT2D eigenvalue weighted by Crippen LogP contribution is 1.62. The zero-order valence-electron chi connectivity index (χ0n) is 3.18. The van der Waals surface area contributed by atoms with Gasteiger partial charge in [0.15, 0.2) is 0 Å². The lowest BCUT2D eigenvalue weighted by Gasteiger charge is -1.67. The molecule has 0 aliphatic carbocycles. The van der Waals surface area contributed by atoms with Crippen molar-refractivity contribution in [3.05, 3.63) is 11.6 Å². The highest BCUT2D eigenvalue weighted by molar-refractivity contribution is 7.83. The van der Waals surface area contributed by atoms with Crippen LogP contribution in [0.15, 0.2) is 11.6 Å². The lowest BCUT2D eigenvalue weighted by atomic mass is 11.0. The molecule has 0 aliphatic rings. The summed E-state index contributed by atoms with van der Waals surface area (Å²) in [6.07, 6.45) is 1.86. The van der Waals surface area contributed by atoms with Crippen molar-refractivity contribution in [3.8, 4) is 0 Å². The maximum Gasteiger partial charge on any atom is 0.0984 e. The molecule has 2 heteroatoms. The molecule has 0 unspecified atom stereocenters. The minimum absolute atomic E-state index is 1.69. The van der Waals surface area contributed by atoms with Crippen LogP contribution in [-0.2, 0) is 0 Å². The Balaban J connectivity index is 2.62. The Kier molecular flexibility index (Phi) is 4.09. The lowest BCUT2D eigenvalue weighted by molar-refractivity contribution is -0.556. The van der Waals surface area contributed by atoms with Gasteiger partial charge < -0.3 is 5.32 Å². The van der Waals surface area contributed by atoms with Crippen molar-refractivity contribution in [2.75, 3.05) is 7.05 Å². The topological polar surface area (TPSA) is 16.6 Å². The highest BCUT2D eigenvalue weighted by Gasteiger charge is 1.52. The second-order valence-electron chi connectivity index (χ2n) is 0.675. The van der Waals surface area contributed by atoms with Crippen molar-refractivity contribution in [2.24, 2.45) is 0 Å². The quantitative estimate of drug-likeness (QED) is 0.407. The standard InChI is InChI=1S/C3H7NS/c1-4-2-3-5/h2-5H,1H3/p+1/b3-2-. The minimum atomic E-state index is 1.69. The zero-order valence-corrected chi connectivity index (χ0v) is 4.07. The summed E-state index contributed by atoms with van der Waals surface area (Å²) in [6, 6.07) is 0. The molecule has 0 radical (unpaired) electrons. The van der Waals surface area contributed by atoms with Crippen molar-refractivity contribution in [3.63, 3.8) is 0 Å². The van der Waals surface area contributed by atoms with Gasteiger partial charge in [-0.25, -0.2) is 0 Å². The molecule has 0 fully saturated rings. The van der Waals surface area contributed by atoms with Crippen LogP contribution in [0.25, 0.3) is 0 Å². The van der Waals surface area contributed by atoms with Crippen molar-refractivity contribution in [2.45, 2.75) is 0 Å². The van der Waals surface area contributed by atoms with Crippen LogP contribution < -0.4 is 5.32 Å². The molecule has 0 aromatic carbocycles. The Bertz CT molecular complexity index is 33.9. The van der Waals surface area contributed by atoms with E-state index in [0.29, 0.717) is 0 Å². The van der Waals surface area contributed by atoms with Crippen LogP contribution in [0.1, 0.15) is 0 Å². The molecule has 5 heavy (non-hydrogen) atoms. The number of hydrogen-bond acceptors (Lipinski definition) is 1. The molecule has 0 aromatic heterocycles. The number of quaternary nitrogens is 1. The predicted molar refractivity (Wildman–Crippen MR) is 26.0 cm³/mol. The van der Waals surface area contributed by atoms with Gasteiger partial charge in [-0.1, -0.05) is 0 Å². The van der Waals surface area contributed by atoms with Crippen LogP contribution in [0.4, 0.5) is 0 Å². The van der Waals surface area contributed by atoms with Gasteiger partial charge in [-0.15, -0.1) is 12.6 Å². The fraction of sp³-hybridized carbons (Fsp3) is 0.333. The average Bonchev–Trinajstić information content (AvgIpc) is 1.41. The first-order valence-corrected chi connectivity index (χ1v) is 2.02. The van der Waals surface area contributed by atoms with E-state index in [0.717, 1.165) is 0 Å². The molecule has 1 nitrogen and oxygen atoms in total. The molecule has 0 rings (SSSR count). The van der Waals surface area contributed by atoms with Gasteiger partial charge in [-0.2, -0.15) is 0 Å². The highest BCUT2D eigenvalue weighted by atomic mass is 32.1. The summed E-state index contributed by atoms with van der Waals surface area (Å²) in [7, 11) is 1.95. The summed E-state index contributed by atoms with van der Waals surface area (Å²) in [6.45, 7) is 0. The maximum atomic E-state index is 3.79. The Morgan fingerprint density at radius 2 is 2.40 bits per heavy atom. The van der Waals surface area contributed by atoms with Crippen LogP contribution >= 0.6 is 12.6 Å². The smallest absolute Gasteiger partial charge is 0.0984 e. The van der Waals surface area contributed by atoms with Gasteiger partial charge >= 0.3 is 0 Å². The van der Waals surface area contributed by atoms with Gasteiger partial charge in [0.2, 0.25) is 0 Å². The molecular formula is C3H8NS+. The van der Waals surface area contributed by atoms with E-state index in [9.17, 15) is 0 Å². The second kappa shape index (κ2) is 4.05. The molecular weight excluding hydrogens is 82.1 g/mol. The third-order valence-electron chi connectivity index (χ3n) is 0.279. The molecule has 0 bridgehead atoms. The fourth-order valence-electron chi connectivity index (χ4n) is 0.0861. The van der Waals surface area contributed by atoms with Crippen LogP contribution in [0.5, 0.6) is 0 Å². The average molecular weight is 90.2 g/mol. The van der Waals surface area contributed by atoms with Gasteiger partial charge in [0.25, 0.3) is 0 Å². The molecule has 2 N–H and O–H groups in total. The summed E-state index contributed by atoms with van der Waals surface area (Å²) in [5, 5.41) is 3.62. The van der Waals surface area contributed by atoms with Crippen molar-refractivity contribution in [1.82, 2.24) is 0 Å². The van der Waals surface area contributed by atoms with Crippen molar-refractivity contribution < 1.29 is 5.32 Å². The normalized spacial score (nSPS) is 10.0. The number of hydrogen-bond donors (Lipinski definition) is 2. The third kappa shape index (κ3) is 4.05. The van der Waals surface area contributed by atoms with Gasteiger partial charge in [-0.3, -0.25) is 0 Å². The Hall–Kier alpha value is 0.0500. The summed E-state index contributed by atoms with van der Waals surface area (Å²) >= 11 is 3.79. The predicted octanol–water partition coefficient (Wildman–Crippen LogP) is -0.419. The summed E-state index contributed by atoms with van der Waals surface area (Å²) in [5.41, 5.74) is 0. The summed E-state index contributed by atoms with van der Waals surface area (Å²) in [4.78, 5) is 0. The van der Waals surface area contributed by atoms with Crippen LogP contribution in [-0.4, -0.2) is 7.05 Å². The Morgan fingerprint density at radius 3 is 2.40 bits per heavy atom. The second-order valence-corrected chi connectivity index (χ2v) is 0.973. The van der Waals surface area contributed by atoms with E-state index >= 15 is 0 Å². The third-order valence-corrected chi connectivity index (χ3v) is 0.451. The molecule has 0 amide bonds. The maximum absolute atomic E-state index is 3.79. The molecule has 0 saturated carbocycles. The van der Waals surface area contributed by atoms with E-state index < -0.39 is 0 Å². The van der Waals surface area contributed by atoms with Gasteiger partial charge in [0.05, 0.1) is 13.2 Å².